The first kappa shape index (κ1) is 12.6. The summed E-state index contributed by atoms with van der Waals surface area (Å²) in [6, 6.07) is 7.85. The average molecular weight is 246 g/mol. The van der Waals surface area contributed by atoms with Gasteiger partial charge in [0.25, 0.3) is 0 Å². The molecule has 0 spiro atoms. The number of hydrogen-bond acceptors (Lipinski definition) is 3. The highest BCUT2D eigenvalue weighted by Crippen LogP contribution is 2.20. The van der Waals surface area contributed by atoms with Gasteiger partial charge in [0, 0.05) is 30.0 Å². The summed E-state index contributed by atoms with van der Waals surface area (Å²) in [5.41, 5.74) is 7.46. The van der Waals surface area contributed by atoms with Gasteiger partial charge in [-0.1, -0.05) is 18.2 Å². The molecule has 96 valence electrons. The second-order valence-corrected chi connectivity index (χ2v) is 4.55. The largest absolute Gasteiger partial charge is 0.464 e. The van der Waals surface area contributed by atoms with Crippen LogP contribution >= 0.6 is 0 Å². The van der Waals surface area contributed by atoms with Crippen LogP contribution in [0.1, 0.15) is 25.3 Å². The van der Waals surface area contributed by atoms with Gasteiger partial charge in [0.1, 0.15) is 5.58 Å². The van der Waals surface area contributed by atoms with Crippen molar-refractivity contribution < 1.29 is 9.21 Å². The minimum absolute atomic E-state index is 0.0255. The van der Waals surface area contributed by atoms with E-state index in [0.29, 0.717) is 19.4 Å². The first-order valence-electron chi connectivity index (χ1n) is 6.14. The van der Waals surface area contributed by atoms with E-state index in [2.05, 4.69) is 5.32 Å². The fourth-order valence-corrected chi connectivity index (χ4v) is 1.81. The Labute approximate surface area is 106 Å². The lowest BCUT2D eigenvalue weighted by Crippen LogP contribution is -2.25. The SMILES string of the molecule is CC(N)CCC(=O)NCc1coc2ccccc12. The van der Waals surface area contributed by atoms with Crippen molar-refractivity contribution in [3.05, 3.63) is 36.1 Å². The standard InChI is InChI=1S/C14H18N2O2/c1-10(15)6-7-14(17)16-8-11-9-18-13-5-3-2-4-12(11)13/h2-5,9-10H,6-8,15H2,1H3,(H,16,17). The van der Waals surface area contributed by atoms with Crippen molar-refractivity contribution in [2.24, 2.45) is 5.73 Å². The number of nitrogens with two attached hydrogens (primary N) is 1. The molecule has 0 saturated carbocycles. The predicted octanol–water partition coefficient (Wildman–Crippen LogP) is 2.18. The van der Waals surface area contributed by atoms with E-state index in [1.54, 1.807) is 6.26 Å². The summed E-state index contributed by atoms with van der Waals surface area (Å²) in [6.07, 6.45) is 2.86. The lowest BCUT2D eigenvalue weighted by molar-refractivity contribution is -0.121. The maximum absolute atomic E-state index is 11.6. The van der Waals surface area contributed by atoms with Crippen LogP contribution in [0.3, 0.4) is 0 Å². The van der Waals surface area contributed by atoms with Gasteiger partial charge in [-0.15, -0.1) is 0 Å². The van der Waals surface area contributed by atoms with Crippen LogP contribution in [-0.4, -0.2) is 11.9 Å². The zero-order chi connectivity index (χ0) is 13.0. The van der Waals surface area contributed by atoms with E-state index in [9.17, 15) is 4.79 Å². The van der Waals surface area contributed by atoms with Crippen molar-refractivity contribution in [2.75, 3.05) is 0 Å². The molecular weight excluding hydrogens is 228 g/mol. The van der Waals surface area contributed by atoms with Gasteiger partial charge in [-0.25, -0.2) is 0 Å². The van der Waals surface area contributed by atoms with Crippen LogP contribution in [0.15, 0.2) is 34.9 Å². The smallest absolute Gasteiger partial charge is 0.220 e. The number of amides is 1. The van der Waals surface area contributed by atoms with Crippen molar-refractivity contribution in [1.29, 1.82) is 0 Å². The molecule has 0 fully saturated rings. The van der Waals surface area contributed by atoms with Gasteiger partial charge in [-0.2, -0.15) is 0 Å². The molecule has 2 rings (SSSR count). The molecule has 0 aliphatic heterocycles. The van der Waals surface area contributed by atoms with Crippen molar-refractivity contribution in [3.63, 3.8) is 0 Å². The Morgan fingerprint density at radius 1 is 1.44 bits per heavy atom. The van der Waals surface area contributed by atoms with Crippen LogP contribution in [0, 0.1) is 0 Å². The van der Waals surface area contributed by atoms with Gasteiger partial charge in [-0.05, 0) is 19.4 Å². The van der Waals surface area contributed by atoms with Crippen LogP contribution in [0.25, 0.3) is 11.0 Å². The summed E-state index contributed by atoms with van der Waals surface area (Å²) in [5.74, 6) is 0.0255. The first-order valence-corrected chi connectivity index (χ1v) is 6.14. The second-order valence-electron chi connectivity index (χ2n) is 4.55. The topological polar surface area (TPSA) is 68.3 Å². The van der Waals surface area contributed by atoms with Gasteiger partial charge in [-0.3, -0.25) is 4.79 Å². The number of rotatable bonds is 5. The third-order valence-corrected chi connectivity index (χ3v) is 2.86. The maximum atomic E-state index is 11.6. The van der Waals surface area contributed by atoms with Crippen LogP contribution < -0.4 is 11.1 Å². The molecule has 3 N–H and O–H groups in total. The Hall–Kier alpha value is -1.81. The zero-order valence-corrected chi connectivity index (χ0v) is 10.5. The molecule has 1 unspecified atom stereocenters. The second kappa shape index (κ2) is 5.69. The number of furan rings is 1. The van der Waals surface area contributed by atoms with E-state index in [1.165, 1.54) is 0 Å². The summed E-state index contributed by atoms with van der Waals surface area (Å²) in [5, 5.41) is 3.92. The maximum Gasteiger partial charge on any atom is 0.220 e. The summed E-state index contributed by atoms with van der Waals surface area (Å²) < 4.78 is 5.41. The average Bonchev–Trinajstić information content (AvgIpc) is 2.77. The van der Waals surface area contributed by atoms with E-state index in [-0.39, 0.29) is 11.9 Å². The van der Waals surface area contributed by atoms with Crippen LogP contribution in [0.5, 0.6) is 0 Å². The molecule has 1 amide bonds. The lowest BCUT2D eigenvalue weighted by atomic mass is 10.1. The van der Waals surface area contributed by atoms with Gasteiger partial charge in [0.15, 0.2) is 0 Å². The zero-order valence-electron chi connectivity index (χ0n) is 10.5. The highest BCUT2D eigenvalue weighted by Gasteiger charge is 2.07. The molecule has 18 heavy (non-hydrogen) atoms. The van der Waals surface area contributed by atoms with Crippen LogP contribution in [0.2, 0.25) is 0 Å². The van der Waals surface area contributed by atoms with Crippen LogP contribution in [0.4, 0.5) is 0 Å². The molecule has 2 aromatic rings. The first-order chi connectivity index (χ1) is 8.66. The third kappa shape index (κ3) is 3.11. The summed E-state index contributed by atoms with van der Waals surface area (Å²) >= 11 is 0. The van der Waals surface area contributed by atoms with E-state index < -0.39 is 0 Å². The Morgan fingerprint density at radius 2 is 2.22 bits per heavy atom. The lowest BCUT2D eigenvalue weighted by Gasteiger charge is -2.06. The van der Waals surface area contributed by atoms with Gasteiger partial charge >= 0.3 is 0 Å². The van der Waals surface area contributed by atoms with Crippen molar-refractivity contribution in [2.45, 2.75) is 32.4 Å². The fourth-order valence-electron chi connectivity index (χ4n) is 1.81. The number of carbonyl (C=O) groups excluding carboxylic acids is 1. The molecule has 1 aromatic carbocycles. The minimum atomic E-state index is 0.0255. The van der Waals surface area contributed by atoms with Crippen molar-refractivity contribution in [3.8, 4) is 0 Å². The van der Waals surface area contributed by atoms with Crippen molar-refractivity contribution >= 4 is 16.9 Å². The van der Waals surface area contributed by atoms with E-state index >= 15 is 0 Å². The molecule has 4 nitrogen and oxygen atoms in total. The Bertz CT molecular complexity index is 531. The molecule has 1 heterocycles. The fraction of sp³-hybridized carbons (Fsp3) is 0.357. The minimum Gasteiger partial charge on any atom is -0.464 e. The monoisotopic (exact) mass is 246 g/mol. The number of hydrogen-bond donors (Lipinski definition) is 2. The summed E-state index contributed by atoms with van der Waals surface area (Å²) in [6.45, 7) is 2.39. The Balaban J connectivity index is 1.92. The molecule has 0 aliphatic carbocycles. The highest BCUT2D eigenvalue weighted by molar-refractivity contribution is 5.82. The quantitative estimate of drug-likeness (QED) is 0.849. The molecular formula is C14H18N2O2. The molecule has 0 radical (unpaired) electrons. The molecule has 1 aromatic heterocycles. The van der Waals surface area contributed by atoms with Gasteiger partial charge < -0.3 is 15.5 Å². The Kier molecular flexibility index (Phi) is 3.99. The number of fused-ring (bicyclic) bond motifs is 1. The molecule has 0 saturated heterocycles. The number of benzene rings is 1. The van der Waals surface area contributed by atoms with E-state index in [0.717, 1.165) is 16.5 Å². The van der Waals surface area contributed by atoms with E-state index in [4.69, 9.17) is 10.2 Å². The summed E-state index contributed by atoms with van der Waals surface area (Å²) in [7, 11) is 0. The van der Waals surface area contributed by atoms with Crippen molar-refractivity contribution in [1.82, 2.24) is 5.32 Å². The number of nitrogens with one attached hydrogen (secondary N) is 1. The molecule has 0 bridgehead atoms. The third-order valence-electron chi connectivity index (χ3n) is 2.86. The van der Waals surface area contributed by atoms with Crippen LogP contribution in [-0.2, 0) is 11.3 Å². The normalized spacial score (nSPS) is 12.6. The van der Waals surface area contributed by atoms with Gasteiger partial charge in [0.05, 0.1) is 6.26 Å². The molecule has 4 heteroatoms. The summed E-state index contributed by atoms with van der Waals surface area (Å²) in [4.78, 5) is 11.6. The molecule has 1 atom stereocenters. The predicted molar refractivity (Wildman–Crippen MR) is 70.9 cm³/mol. The number of para-hydroxylation sites is 1. The highest BCUT2D eigenvalue weighted by atomic mass is 16.3. The Morgan fingerprint density at radius 3 is 3.00 bits per heavy atom. The molecule has 0 aliphatic rings. The van der Waals surface area contributed by atoms with Gasteiger partial charge in [0.2, 0.25) is 5.91 Å². The van der Waals surface area contributed by atoms with E-state index in [1.807, 2.05) is 31.2 Å². The number of carbonyl (C=O) groups is 1.